The van der Waals surface area contributed by atoms with Crippen molar-refractivity contribution in [3.05, 3.63) is 48.3 Å². The van der Waals surface area contributed by atoms with Gasteiger partial charge in [-0.25, -0.2) is 4.68 Å². The lowest BCUT2D eigenvalue weighted by molar-refractivity contribution is -0.126. The van der Waals surface area contributed by atoms with E-state index in [4.69, 9.17) is 0 Å². The van der Waals surface area contributed by atoms with Crippen molar-refractivity contribution in [1.82, 2.24) is 20.0 Å². The summed E-state index contributed by atoms with van der Waals surface area (Å²) in [6, 6.07) is 10.4. The number of carbonyl (C=O) groups excluding carboxylic acids is 1. The molecule has 1 aliphatic rings. The van der Waals surface area contributed by atoms with Gasteiger partial charge in [-0.15, -0.1) is 0 Å². The molecule has 0 bridgehead atoms. The number of aromatic nitrogens is 2. The molecule has 0 saturated heterocycles. The molecule has 5 heteroatoms. The highest BCUT2D eigenvalue weighted by atomic mass is 16.2. The van der Waals surface area contributed by atoms with Crippen molar-refractivity contribution in [1.29, 1.82) is 0 Å². The van der Waals surface area contributed by atoms with Crippen LogP contribution in [0.1, 0.15) is 38.2 Å². The number of likely N-dealkylation sites (N-methyl/N-ethyl adjacent to an activating group) is 1. The molecule has 1 aliphatic carbocycles. The van der Waals surface area contributed by atoms with E-state index in [0.29, 0.717) is 6.04 Å². The summed E-state index contributed by atoms with van der Waals surface area (Å²) in [4.78, 5) is 14.5. The molecule has 1 amide bonds. The van der Waals surface area contributed by atoms with E-state index in [1.54, 1.807) is 6.20 Å². The van der Waals surface area contributed by atoms with Crippen LogP contribution in [0, 0.1) is 0 Å². The van der Waals surface area contributed by atoms with Gasteiger partial charge in [-0.1, -0.05) is 25.0 Å². The Kier molecular flexibility index (Phi) is 5.30. The predicted octanol–water partition coefficient (Wildman–Crippen LogP) is 2.75. The molecule has 0 aliphatic heterocycles. The van der Waals surface area contributed by atoms with Crippen LogP contribution in [0.15, 0.2) is 42.7 Å². The third kappa shape index (κ3) is 4.03. The number of benzene rings is 1. The van der Waals surface area contributed by atoms with Gasteiger partial charge in [-0.3, -0.25) is 9.69 Å². The maximum absolute atomic E-state index is 12.4. The van der Waals surface area contributed by atoms with Crippen molar-refractivity contribution >= 4 is 5.91 Å². The highest BCUT2D eigenvalue weighted by Crippen LogP contribution is 2.18. The van der Waals surface area contributed by atoms with Crippen LogP contribution in [0.2, 0.25) is 0 Å². The Labute approximate surface area is 143 Å². The van der Waals surface area contributed by atoms with E-state index in [-0.39, 0.29) is 11.9 Å². The van der Waals surface area contributed by atoms with Crippen LogP contribution in [0.4, 0.5) is 0 Å². The van der Waals surface area contributed by atoms with Crippen LogP contribution in [0.25, 0.3) is 5.69 Å². The lowest BCUT2D eigenvalue weighted by atomic mass is 10.1. The molecule has 1 aromatic carbocycles. The predicted molar refractivity (Wildman–Crippen MR) is 94.9 cm³/mol. The fraction of sp³-hybridized carbons (Fsp3) is 0.474. The van der Waals surface area contributed by atoms with Crippen molar-refractivity contribution in [2.75, 3.05) is 7.05 Å². The molecule has 24 heavy (non-hydrogen) atoms. The molecule has 1 heterocycles. The van der Waals surface area contributed by atoms with E-state index in [0.717, 1.165) is 25.1 Å². The van der Waals surface area contributed by atoms with Gasteiger partial charge in [0, 0.05) is 25.0 Å². The zero-order chi connectivity index (χ0) is 16.9. The topological polar surface area (TPSA) is 50.2 Å². The molecule has 2 aromatic rings. The highest BCUT2D eigenvalue weighted by Gasteiger charge is 2.23. The number of nitrogens with one attached hydrogen (secondary N) is 1. The number of amides is 1. The van der Waals surface area contributed by atoms with Crippen LogP contribution in [-0.4, -0.2) is 39.7 Å². The maximum atomic E-state index is 12.4. The number of rotatable bonds is 6. The first-order valence-corrected chi connectivity index (χ1v) is 8.73. The van der Waals surface area contributed by atoms with Crippen molar-refractivity contribution in [3.63, 3.8) is 0 Å². The van der Waals surface area contributed by atoms with Crippen LogP contribution < -0.4 is 5.32 Å². The fourth-order valence-corrected chi connectivity index (χ4v) is 3.24. The van der Waals surface area contributed by atoms with Crippen LogP contribution in [0.5, 0.6) is 0 Å². The molecule has 0 spiro atoms. The summed E-state index contributed by atoms with van der Waals surface area (Å²) >= 11 is 0. The third-order valence-corrected chi connectivity index (χ3v) is 4.85. The first-order valence-electron chi connectivity index (χ1n) is 8.73. The van der Waals surface area contributed by atoms with Crippen molar-refractivity contribution in [3.8, 4) is 5.69 Å². The second-order valence-corrected chi connectivity index (χ2v) is 6.70. The zero-order valence-electron chi connectivity index (χ0n) is 14.5. The monoisotopic (exact) mass is 326 g/mol. The Morgan fingerprint density at radius 3 is 2.88 bits per heavy atom. The molecule has 3 rings (SSSR count). The minimum Gasteiger partial charge on any atom is -0.352 e. The van der Waals surface area contributed by atoms with E-state index in [2.05, 4.69) is 27.4 Å². The van der Waals surface area contributed by atoms with Gasteiger partial charge in [0.05, 0.1) is 11.7 Å². The average Bonchev–Trinajstić information content (AvgIpc) is 3.28. The molecule has 1 atom stereocenters. The molecule has 1 N–H and O–H groups in total. The molecular weight excluding hydrogens is 300 g/mol. The Hall–Kier alpha value is -2.14. The van der Waals surface area contributed by atoms with Gasteiger partial charge in [0.1, 0.15) is 0 Å². The van der Waals surface area contributed by atoms with Gasteiger partial charge in [0.2, 0.25) is 5.91 Å². The number of nitrogens with zero attached hydrogens (tertiary/aromatic N) is 3. The standard InChI is InChI=1S/C19H26N4O/c1-15(19(24)21-17-8-3-4-9-17)22(2)14-16-7-5-10-18(13-16)23-12-6-11-20-23/h5-7,10-13,15,17H,3-4,8-9,14H2,1-2H3,(H,21,24)/t15-/m1/s1. The summed E-state index contributed by atoms with van der Waals surface area (Å²) in [6.45, 7) is 2.70. The molecular formula is C19H26N4O. The molecule has 0 radical (unpaired) electrons. The quantitative estimate of drug-likeness (QED) is 0.888. The van der Waals surface area contributed by atoms with E-state index in [1.807, 2.05) is 43.0 Å². The second-order valence-electron chi connectivity index (χ2n) is 6.70. The van der Waals surface area contributed by atoms with Crippen LogP contribution in [0.3, 0.4) is 0 Å². The summed E-state index contributed by atoms with van der Waals surface area (Å²) in [6.07, 6.45) is 8.40. The van der Waals surface area contributed by atoms with Crippen molar-refractivity contribution < 1.29 is 4.79 Å². The number of hydrogen-bond acceptors (Lipinski definition) is 3. The maximum Gasteiger partial charge on any atom is 0.237 e. The lowest BCUT2D eigenvalue weighted by Crippen LogP contribution is -2.46. The Balaban J connectivity index is 1.60. The van der Waals surface area contributed by atoms with Gasteiger partial charge < -0.3 is 5.32 Å². The normalized spacial score (nSPS) is 16.5. The van der Waals surface area contributed by atoms with Gasteiger partial charge in [-0.2, -0.15) is 5.10 Å². The lowest BCUT2D eigenvalue weighted by Gasteiger charge is -2.25. The van der Waals surface area contributed by atoms with Gasteiger partial charge in [0.25, 0.3) is 0 Å². The first-order chi connectivity index (χ1) is 11.6. The number of carbonyl (C=O) groups is 1. The molecule has 1 saturated carbocycles. The summed E-state index contributed by atoms with van der Waals surface area (Å²) in [7, 11) is 2.00. The SMILES string of the molecule is C[C@H](C(=O)NC1CCCC1)N(C)Cc1cccc(-n2cccn2)c1. The zero-order valence-corrected chi connectivity index (χ0v) is 14.5. The largest absolute Gasteiger partial charge is 0.352 e. The summed E-state index contributed by atoms with van der Waals surface area (Å²) in [5.74, 6) is 0.132. The molecule has 5 nitrogen and oxygen atoms in total. The summed E-state index contributed by atoms with van der Waals surface area (Å²) in [5.41, 5.74) is 2.21. The molecule has 0 unspecified atom stereocenters. The summed E-state index contributed by atoms with van der Waals surface area (Å²) in [5, 5.41) is 7.45. The first kappa shape index (κ1) is 16.7. The number of hydrogen-bond donors (Lipinski definition) is 1. The fourth-order valence-electron chi connectivity index (χ4n) is 3.24. The van der Waals surface area contributed by atoms with Crippen molar-refractivity contribution in [2.45, 2.75) is 51.2 Å². The Morgan fingerprint density at radius 1 is 1.38 bits per heavy atom. The van der Waals surface area contributed by atoms with E-state index < -0.39 is 0 Å². The molecule has 128 valence electrons. The van der Waals surface area contributed by atoms with Crippen LogP contribution in [-0.2, 0) is 11.3 Å². The smallest absolute Gasteiger partial charge is 0.237 e. The van der Waals surface area contributed by atoms with Crippen LogP contribution >= 0.6 is 0 Å². The van der Waals surface area contributed by atoms with E-state index in [9.17, 15) is 4.79 Å². The Morgan fingerprint density at radius 2 is 2.17 bits per heavy atom. The van der Waals surface area contributed by atoms with E-state index >= 15 is 0 Å². The molecule has 1 aromatic heterocycles. The van der Waals surface area contributed by atoms with Gasteiger partial charge in [0.15, 0.2) is 0 Å². The minimum atomic E-state index is -0.140. The third-order valence-electron chi connectivity index (χ3n) is 4.85. The Bertz CT molecular complexity index is 662. The highest BCUT2D eigenvalue weighted by molar-refractivity contribution is 5.81. The van der Waals surface area contributed by atoms with Gasteiger partial charge >= 0.3 is 0 Å². The second kappa shape index (κ2) is 7.62. The minimum absolute atomic E-state index is 0.132. The average molecular weight is 326 g/mol. The van der Waals surface area contributed by atoms with Gasteiger partial charge in [-0.05, 0) is 50.6 Å². The molecule has 1 fully saturated rings. The van der Waals surface area contributed by atoms with Crippen molar-refractivity contribution in [2.24, 2.45) is 0 Å². The summed E-state index contributed by atoms with van der Waals surface area (Å²) < 4.78 is 1.85. The van der Waals surface area contributed by atoms with E-state index in [1.165, 1.54) is 18.4 Å².